The summed E-state index contributed by atoms with van der Waals surface area (Å²) in [5, 5.41) is 6.49. The molecule has 5 nitrogen and oxygen atoms in total. The first-order valence-electron chi connectivity index (χ1n) is 7.82. The summed E-state index contributed by atoms with van der Waals surface area (Å²) in [6.07, 6.45) is -0.490. The van der Waals surface area contributed by atoms with E-state index in [9.17, 15) is 9.59 Å². The molecule has 2 amide bonds. The van der Waals surface area contributed by atoms with Gasteiger partial charge in [-0.1, -0.05) is 41.7 Å². The number of hydrogen-bond donors (Lipinski definition) is 2. The molecule has 0 aliphatic heterocycles. The van der Waals surface area contributed by atoms with Crippen molar-refractivity contribution in [1.82, 2.24) is 0 Å². The van der Waals surface area contributed by atoms with Crippen molar-refractivity contribution in [2.45, 2.75) is 26.4 Å². The van der Waals surface area contributed by atoms with Crippen molar-refractivity contribution in [2.24, 2.45) is 0 Å². The van der Waals surface area contributed by atoms with Gasteiger partial charge in [-0.3, -0.25) is 9.59 Å². The van der Waals surface area contributed by atoms with E-state index in [2.05, 4.69) is 10.6 Å². The van der Waals surface area contributed by atoms with Crippen LogP contribution < -0.4 is 15.4 Å². The molecule has 0 fully saturated rings. The molecule has 0 aliphatic carbocycles. The van der Waals surface area contributed by atoms with Crippen LogP contribution in [0.25, 0.3) is 0 Å². The van der Waals surface area contributed by atoms with Gasteiger partial charge in [0.2, 0.25) is 5.91 Å². The summed E-state index contributed by atoms with van der Waals surface area (Å²) in [4.78, 5) is 23.9. The standard InChI is InChI=1S/C18H17Cl3N2O3/c1-3-17(24)22-12-5-6-13(20)15(9-12)23-18(25)10(2)26-16-7-4-11(19)8-14(16)21/h4-10H,3H2,1-2H3,(H,22,24)(H,23,25)/t10-/m0/s1. The molecule has 0 spiro atoms. The Hall–Kier alpha value is -1.95. The number of carbonyl (C=O) groups excluding carboxylic acids is 2. The van der Waals surface area contributed by atoms with E-state index >= 15 is 0 Å². The smallest absolute Gasteiger partial charge is 0.265 e. The maximum atomic E-state index is 12.4. The Kier molecular flexibility index (Phi) is 7.14. The van der Waals surface area contributed by atoms with Gasteiger partial charge in [0.25, 0.3) is 5.91 Å². The quantitative estimate of drug-likeness (QED) is 0.663. The molecule has 2 rings (SSSR count). The van der Waals surface area contributed by atoms with Crippen molar-refractivity contribution in [1.29, 1.82) is 0 Å². The maximum absolute atomic E-state index is 12.4. The van der Waals surface area contributed by atoms with Gasteiger partial charge in [-0.2, -0.15) is 0 Å². The minimum Gasteiger partial charge on any atom is -0.479 e. The molecule has 2 N–H and O–H groups in total. The molecule has 0 aliphatic rings. The van der Waals surface area contributed by atoms with Crippen molar-refractivity contribution >= 4 is 58.0 Å². The van der Waals surface area contributed by atoms with Crippen molar-refractivity contribution in [2.75, 3.05) is 10.6 Å². The van der Waals surface area contributed by atoms with Crippen molar-refractivity contribution in [3.8, 4) is 5.75 Å². The lowest BCUT2D eigenvalue weighted by molar-refractivity contribution is -0.122. The number of halogens is 3. The largest absolute Gasteiger partial charge is 0.479 e. The molecule has 0 saturated heterocycles. The third kappa shape index (κ3) is 5.53. The van der Waals surface area contributed by atoms with Crippen LogP contribution in [0.5, 0.6) is 5.75 Å². The van der Waals surface area contributed by atoms with Gasteiger partial charge in [-0.15, -0.1) is 0 Å². The highest BCUT2D eigenvalue weighted by atomic mass is 35.5. The third-order valence-corrected chi connectivity index (χ3v) is 4.26. The Labute approximate surface area is 166 Å². The van der Waals surface area contributed by atoms with Gasteiger partial charge >= 0.3 is 0 Å². The summed E-state index contributed by atoms with van der Waals surface area (Å²) in [5.41, 5.74) is 0.897. The van der Waals surface area contributed by atoms with Crippen molar-refractivity contribution < 1.29 is 14.3 Å². The first-order valence-corrected chi connectivity index (χ1v) is 8.95. The number of carbonyl (C=O) groups is 2. The Bertz CT molecular complexity index is 827. The second-order valence-corrected chi connectivity index (χ2v) is 6.67. The monoisotopic (exact) mass is 414 g/mol. The van der Waals surface area contributed by atoms with Gasteiger partial charge in [0.15, 0.2) is 6.10 Å². The van der Waals surface area contributed by atoms with Crippen molar-refractivity contribution in [3.63, 3.8) is 0 Å². The van der Waals surface area contributed by atoms with E-state index in [4.69, 9.17) is 39.5 Å². The molecular formula is C18H17Cl3N2O3. The minimum atomic E-state index is -0.835. The van der Waals surface area contributed by atoms with Gasteiger partial charge in [0, 0.05) is 17.1 Å². The molecule has 138 valence electrons. The van der Waals surface area contributed by atoms with E-state index in [0.717, 1.165) is 0 Å². The second kappa shape index (κ2) is 9.12. The number of ether oxygens (including phenoxy) is 1. The van der Waals surface area contributed by atoms with Gasteiger partial charge in [-0.25, -0.2) is 0 Å². The van der Waals surface area contributed by atoms with E-state index in [1.54, 1.807) is 44.2 Å². The molecule has 1 atom stereocenters. The van der Waals surface area contributed by atoms with E-state index in [1.807, 2.05) is 0 Å². The fourth-order valence-electron chi connectivity index (χ4n) is 2.00. The molecule has 0 heterocycles. The molecule has 8 heteroatoms. The maximum Gasteiger partial charge on any atom is 0.265 e. The summed E-state index contributed by atoms with van der Waals surface area (Å²) < 4.78 is 5.57. The Morgan fingerprint density at radius 1 is 1.04 bits per heavy atom. The highest BCUT2D eigenvalue weighted by molar-refractivity contribution is 6.35. The lowest BCUT2D eigenvalue weighted by atomic mass is 10.2. The van der Waals surface area contributed by atoms with E-state index in [1.165, 1.54) is 6.07 Å². The Morgan fingerprint density at radius 3 is 2.42 bits per heavy atom. The predicted octanol–water partition coefficient (Wildman–Crippen LogP) is 5.40. The highest BCUT2D eigenvalue weighted by Gasteiger charge is 2.18. The summed E-state index contributed by atoms with van der Waals surface area (Å²) in [6.45, 7) is 3.33. The number of hydrogen-bond acceptors (Lipinski definition) is 3. The molecule has 26 heavy (non-hydrogen) atoms. The Morgan fingerprint density at radius 2 is 1.77 bits per heavy atom. The average molecular weight is 416 g/mol. The predicted molar refractivity (Wildman–Crippen MR) is 106 cm³/mol. The van der Waals surface area contributed by atoms with Crippen LogP contribution in [0.3, 0.4) is 0 Å². The van der Waals surface area contributed by atoms with Crippen molar-refractivity contribution in [3.05, 3.63) is 51.5 Å². The first kappa shape index (κ1) is 20.4. The zero-order valence-electron chi connectivity index (χ0n) is 14.1. The molecule has 0 unspecified atom stereocenters. The van der Waals surface area contributed by atoms with E-state index < -0.39 is 12.0 Å². The van der Waals surface area contributed by atoms with Gasteiger partial charge in [0.1, 0.15) is 5.75 Å². The summed E-state index contributed by atoms with van der Waals surface area (Å²) >= 11 is 18.0. The Balaban J connectivity index is 2.08. The summed E-state index contributed by atoms with van der Waals surface area (Å²) in [5.74, 6) is -0.218. The highest BCUT2D eigenvalue weighted by Crippen LogP contribution is 2.29. The molecule has 0 radical (unpaired) electrons. The number of amides is 2. The fraction of sp³-hybridized carbons (Fsp3) is 0.222. The molecule has 0 aromatic heterocycles. The normalized spacial score (nSPS) is 11.6. The van der Waals surface area contributed by atoms with Crippen LogP contribution in [-0.4, -0.2) is 17.9 Å². The van der Waals surface area contributed by atoms with Crippen LogP contribution in [0.1, 0.15) is 20.3 Å². The van der Waals surface area contributed by atoms with Gasteiger partial charge in [0.05, 0.1) is 15.7 Å². The van der Waals surface area contributed by atoms with Gasteiger partial charge in [-0.05, 0) is 43.3 Å². The molecule has 2 aromatic rings. The lowest BCUT2D eigenvalue weighted by Crippen LogP contribution is -2.30. The lowest BCUT2D eigenvalue weighted by Gasteiger charge is -2.17. The summed E-state index contributed by atoms with van der Waals surface area (Å²) in [7, 11) is 0. The molecule has 2 aromatic carbocycles. The number of anilines is 2. The molecule has 0 saturated carbocycles. The van der Waals surface area contributed by atoms with Crippen LogP contribution in [0.2, 0.25) is 15.1 Å². The fourth-order valence-corrected chi connectivity index (χ4v) is 2.62. The average Bonchev–Trinajstić information content (AvgIpc) is 2.60. The number of rotatable bonds is 6. The van der Waals surface area contributed by atoms with Gasteiger partial charge < -0.3 is 15.4 Å². The van der Waals surface area contributed by atoms with Crippen LogP contribution in [-0.2, 0) is 9.59 Å². The number of benzene rings is 2. The van der Waals surface area contributed by atoms with E-state index in [0.29, 0.717) is 38.6 Å². The third-order valence-electron chi connectivity index (χ3n) is 3.40. The number of nitrogens with one attached hydrogen (secondary N) is 2. The summed E-state index contributed by atoms with van der Waals surface area (Å²) in [6, 6.07) is 9.55. The van der Waals surface area contributed by atoms with Crippen LogP contribution in [0, 0.1) is 0 Å². The van der Waals surface area contributed by atoms with Crippen LogP contribution in [0.15, 0.2) is 36.4 Å². The molecular weight excluding hydrogens is 399 g/mol. The zero-order chi connectivity index (χ0) is 19.3. The first-order chi connectivity index (χ1) is 12.3. The molecule has 0 bridgehead atoms. The van der Waals surface area contributed by atoms with E-state index in [-0.39, 0.29) is 5.91 Å². The second-order valence-electron chi connectivity index (χ2n) is 5.42. The van der Waals surface area contributed by atoms with Crippen LogP contribution in [0.4, 0.5) is 11.4 Å². The minimum absolute atomic E-state index is 0.140. The van der Waals surface area contributed by atoms with Crippen LogP contribution >= 0.6 is 34.8 Å². The topological polar surface area (TPSA) is 67.4 Å². The zero-order valence-corrected chi connectivity index (χ0v) is 16.4. The SMILES string of the molecule is CCC(=O)Nc1ccc(Cl)c(NC(=O)[C@H](C)Oc2ccc(Cl)cc2Cl)c1.